The minimum absolute atomic E-state index is 0.397. The Balaban J connectivity index is 2.11. The number of pyridine rings is 1. The van der Waals surface area contributed by atoms with Crippen LogP contribution in [0.4, 0.5) is 0 Å². The third kappa shape index (κ3) is 2.33. The van der Waals surface area contributed by atoms with Crippen LogP contribution in [0.3, 0.4) is 0 Å². The van der Waals surface area contributed by atoms with Crippen LogP contribution in [-0.2, 0) is 4.74 Å². The number of carbonyl (C=O) groups excluding carboxylic acids is 1. The number of benzene rings is 1. The lowest BCUT2D eigenvalue weighted by atomic mass is 10.1. The van der Waals surface area contributed by atoms with Gasteiger partial charge in [-0.3, -0.25) is 4.98 Å². The summed E-state index contributed by atoms with van der Waals surface area (Å²) < 4.78 is 15.8. The minimum atomic E-state index is -0.397. The molecule has 0 aliphatic carbocycles. The molecule has 0 saturated carbocycles. The molecular weight excluding hydrogens is 270 g/mol. The fraction of sp³-hybridized carbons (Fsp3) is 0.125. The Hall–Kier alpha value is -2.82. The Labute approximate surface area is 121 Å². The summed E-state index contributed by atoms with van der Waals surface area (Å²) in [6.45, 7) is 0. The summed E-state index contributed by atoms with van der Waals surface area (Å²) in [4.78, 5) is 15.9. The highest BCUT2D eigenvalue weighted by Crippen LogP contribution is 2.39. The van der Waals surface area contributed by atoms with Gasteiger partial charge in [0.2, 0.25) is 0 Å². The molecule has 2 aromatic rings. The summed E-state index contributed by atoms with van der Waals surface area (Å²) in [5, 5.41) is 0. The van der Waals surface area contributed by atoms with Crippen molar-refractivity contribution in [2.24, 2.45) is 0 Å². The third-order valence-electron chi connectivity index (χ3n) is 3.22. The van der Waals surface area contributed by atoms with Gasteiger partial charge >= 0.3 is 5.97 Å². The van der Waals surface area contributed by atoms with Crippen LogP contribution >= 0.6 is 0 Å². The van der Waals surface area contributed by atoms with Gasteiger partial charge in [0.1, 0.15) is 5.76 Å². The van der Waals surface area contributed by atoms with E-state index in [-0.39, 0.29) is 0 Å². The van der Waals surface area contributed by atoms with Crippen molar-refractivity contribution in [3.8, 4) is 11.5 Å². The maximum Gasteiger partial charge on any atom is 0.344 e. The van der Waals surface area contributed by atoms with Crippen LogP contribution in [0.1, 0.15) is 21.5 Å². The number of esters is 1. The third-order valence-corrected chi connectivity index (χ3v) is 3.22. The van der Waals surface area contributed by atoms with Crippen molar-refractivity contribution in [2.75, 3.05) is 14.2 Å². The second kappa shape index (κ2) is 5.28. The molecule has 0 spiro atoms. The molecule has 3 rings (SSSR count). The minimum Gasteiger partial charge on any atom is -0.493 e. The summed E-state index contributed by atoms with van der Waals surface area (Å²) in [5.41, 5.74) is 2.05. The number of hydrogen-bond acceptors (Lipinski definition) is 5. The molecule has 0 fully saturated rings. The average molecular weight is 283 g/mol. The SMILES string of the molecule is COc1cc2c(cc1OC)/C(=C\c1ccncc1)OC2=O. The van der Waals surface area contributed by atoms with Crippen LogP contribution in [0.25, 0.3) is 11.8 Å². The molecule has 0 bridgehead atoms. The number of ether oxygens (including phenoxy) is 3. The van der Waals surface area contributed by atoms with Gasteiger partial charge in [-0.05, 0) is 35.9 Å². The van der Waals surface area contributed by atoms with Gasteiger partial charge < -0.3 is 14.2 Å². The molecule has 0 unspecified atom stereocenters. The molecule has 1 aliphatic heterocycles. The zero-order valence-corrected chi connectivity index (χ0v) is 11.6. The van der Waals surface area contributed by atoms with Gasteiger partial charge in [0, 0.05) is 18.0 Å². The number of fused-ring (bicyclic) bond motifs is 1. The lowest BCUT2D eigenvalue weighted by Gasteiger charge is -2.08. The van der Waals surface area contributed by atoms with Gasteiger partial charge in [0.15, 0.2) is 11.5 Å². The molecule has 21 heavy (non-hydrogen) atoms. The maximum absolute atomic E-state index is 12.0. The molecule has 2 heterocycles. The number of methoxy groups -OCH3 is 2. The largest absolute Gasteiger partial charge is 0.493 e. The fourth-order valence-corrected chi connectivity index (χ4v) is 2.18. The van der Waals surface area contributed by atoms with E-state index in [1.54, 1.807) is 37.7 Å². The smallest absolute Gasteiger partial charge is 0.344 e. The normalized spacial score (nSPS) is 14.8. The van der Waals surface area contributed by atoms with Crippen LogP contribution in [0.2, 0.25) is 0 Å². The number of carbonyl (C=O) groups is 1. The molecule has 0 radical (unpaired) electrons. The molecule has 1 aromatic carbocycles. The second-order valence-corrected chi connectivity index (χ2v) is 4.43. The van der Waals surface area contributed by atoms with Gasteiger partial charge in [-0.2, -0.15) is 0 Å². The Bertz CT molecular complexity index is 723. The van der Waals surface area contributed by atoms with E-state index in [1.807, 2.05) is 12.1 Å². The van der Waals surface area contributed by atoms with Crippen molar-refractivity contribution in [2.45, 2.75) is 0 Å². The monoisotopic (exact) mass is 283 g/mol. The molecule has 1 aromatic heterocycles. The van der Waals surface area contributed by atoms with Gasteiger partial charge in [-0.15, -0.1) is 0 Å². The Morgan fingerprint density at radius 1 is 1.05 bits per heavy atom. The van der Waals surface area contributed by atoms with E-state index in [0.717, 1.165) is 5.56 Å². The van der Waals surface area contributed by atoms with Crippen molar-refractivity contribution < 1.29 is 19.0 Å². The topological polar surface area (TPSA) is 57.6 Å². The van der Waals surface area contributed by atoms with Crippen LogP contribution in [0, 0.1) is 0 Å². The number of rotatable bonds is 3. The molecular formula is C16H13NO4. The standard InChI is InChI=1S/C16H13NO4/c1-19-14-8-11-12(9-15(14)20-2)16(18)21-13(11)7-10-3-5-17-6-4-10/h3-9H,1-2H3/b13-7+. The van der Waals surface area contributed by atoms with E-state index < -0.39 is 5.97 Å². The summed E-state index contributed by atoms with van der Waals surface area (Å²) >= 11 is 0. The number of cyclic esters (lactones) is 1. The molecule has 1 aliphatic rings. The van der Waals surface area contributed by atoms with E-state index in [1.165, 1.54) is 7.11 Å². The number of aromatic nitrogens is 1. The Morgan fingerprint density at radius 3 is 2.29 bits per heavy atom. The Kier molecular flexibility index (Phi) is 3.31. The van der Waals surface area contributed by atoms with Crippen molar-refractivity contribution in [1.82, 2.24) is 4.98 Å². The summed E-state index contributed by atoms with van der Waals surface area (Å²) in [5.74, 6) is 1.14. The summed E-state index contributed by atoms with van der Waals surface area (Å²) in [6, 6.07) is 7.04. The lowest BCUT2D eigenvalue weighted by Crippen LogP contribution is -1.96. The number of nitrogens with zero attached hydrogens (tertiary/aromatic N) is 1. The predicted octanol–water partition coefficient (Wildman–Crippen LogP) is 2.77. The molecule has 0 N–H and O–H groups in total. The summed E-state index contributed by atoms with van der Waals surface area (Å²) in [6.07, 6.45) is 5.15. The molecule has 0 saturated heterocycles. The average Bonchev–Trinajstić information content (AvgIpc) is 2.82. The highest BCUT2D eigenvalue weighted by Gasteiger charge is 2.28. The van der Waals surface area contributed by atoms with Crippen LogP contribution in [0.5, 0.6) is 11.5 Å². The lowest BCUT2D eigenvalue weighted by molar-refractivity contribution is 0.0717. The zero-order chi connectivity index (χ0) is 14.8. The van der Waals surface area contributed by atoms with E-state index in [9.17, 15) is 4.79 Å². The van der Waals surface area contributed by atoms with Gasteiger partial charge in [0.25, 0.3) is 0 Å². The first-order chi connectivity index (χ1) is 10.2. The van der Waals surface area contributed by atoms with Gasteiger partial charge in [-0.1, -0.05) is 0 Å². The first-order valence-corrected chi connectivity index (χ1v) is 6.33. The van der Waals surface area contributed by atoms with Crippen LogP contribution in [0.15, 0.2) is 36.7 Å². The maximum atomic E-state index is 12.0. The predicted molar refractivity (Wildman–Crippen MR) is 77.1 cm³/mol. The molecule has 106 valence electrons. The fourth-order valence-electron chi connectivity index (χ4n) is 2.18. The van der Waals surface area contributed by atoms with Gasteiger partial charge in [0.05, 0.1) is 19.8 Å². The summed E-state index contributed by atoms with van der Waals surface area (Å²) in [7, 11) is 3.08. The van der Waals surface area contributed by atoms with Crippen molar-refractivity contribution in [1.29, 1.82) is 0 Å². The number of hydrogen-bond donors (Lipinski definition) is 0. The quantitative estimate of drug-likeness (QED) is 0.811. The van der Waals surface area contributed by atoms with E-state index in [0.29, 0.717) is 28.4 Å². The van der Waals surface area contributed by atoms with Crippen molar-refractivity contribution >= 4 is 17.8 Å². The van der Waals surface area contributed by atoms with E-state index in [2.05, 4.69) is 4.98 Å². The van der Waals surface area contributed by atoms with E-state index >= 15 is 0 Å². The molecule has 0 amide bonds. The zero-order valence-electron chi connectivity index (χ0n) is 11.6. The highest BCUT2D eigenvalue weighted by molar-refractivity contribution is 6.06. The van der Waals surface area contributed by atoms with Crippen molar-refractivity contribution in [3.05, 3.63) is 53.3 Å². The second-order valence-electron chi connectivity index (χ2n) is 4.43. The highest BCUT2D eigenvalue weighted by atomic mass is 16.5. The van der Waals surface area contributed by atoms with E-state index in [4.69, 9.17) is 14.2 Å². The molecule has 0 atom stereocenters. The van der Waals surface area contributed by atoms with Gasteiger partial charge in [-0.25, -0.2) is 4.79 Å². The molecule has 5 nitrogen and oxygen atoms in total. The van der Waals surface area contributed by atoms with Crippen molar-refractivity contribution in [3.63, 3.8) is 0 Å². The van der Waals surface area contributed by atoms with Crippen LogP contribution in [-0.4, -0.2) is 25.2 Å². The molecule has 5 heteroatoms. The van der Waals surface area contributed by atoms with Crippen LogP contribution < -0.4 is 9.47 Å². The first-order valence-electron chi connectivity index (χ1n) is 6.33. The first kappa shape index (κ1) is 13.2. The Morgan fingerprint density at radius 2 is 1.67 bits per heavy atom.